The minimum atomic E-state index is 0.495. The molecule has 2 nitrogen and oxygen atoms in total. The lowest BCUT2D eigenvalue weighted by atomic mass is 10.0. The summed E-state index contributed by atoms with van der Waals surface area (Å²) in [5.41, 5.74) is 2.79. The third kappa shape index (κ3) is 3.90. The molecular formula is C16H26N2S. The van der Waals surface area contributed by atoms with E-state index in [1.54, 1.807) is 0 Å². The van der Waals surface area contributed by atoms with Crippen molar-refractivity contribution in [3.63, 3.8) is 0 Å². The molecule has 0 radical (unpaired) electrons. The smallest absolute Gasteiger partial charge is 0.0367 e. The first-order chi connectivity index (χ1) is 9.24. The predicted octanol–water partition coefficient (Wildman–Crippen LogP) is 3.69. The summed E-state index contributed by atoms with van der Waals surface area (Å²) in [6.07, 6.45) is 1.14. The van der Waals surface area contributed by atoms with Gasteiger partial charge in [-0.25, -0.2) is 0 Å². The molecule has 1 saturated heterocycles. The second kappa shape index (κ2) is 7.20. The average molecular weight is 278 g/mol. The molecular weight excluding hydrogens is 252 g/mol. The van der Waals surface area contributed by atoms with Crippen molar-refractivity contribution in [1.82, 2.24) is 5.32 Å². The van der Waals surface area contributed by atoms with E-state index in [1.807, 2.05) is 0 Å². The Balaban J connectivity index is 2.04. The topological polar surface area (TPSA) is 15.3 Å². The van der Waals surface area contributed by atoms with Crippen LogP contribution in [0.4, 0.5) is 5.69 Å². The molecule has 0 saturated carbocycles. The molecule has 0 spiro atoms. The molecule has 1 aromatic rings. The predicted molar refractivity (Wildman–Crippen MR) is 87.3 cm³/mol. The number of rotatable bonds is 5. The highest BCUT2D eigenvalue weighted by Crippen LogP contribution is 2.25. The molecule has 1 aliphatic rings. The minimum absolute atomic E-state index is 0.495. The van der Waals surface area contributed by atoms with Crippen molar-refractivity contribution in [2.45, 2.75) is 38.5 Å². The van der Waals surface area contributed by atoms with E-state index in [4.69, 9.17) is 0 Å². The van der Waals surface area contributed by atoms with Crippen molar-refractivity contribution >= 4 is 17.4 Å². The van der Waals surface area contributed by atoms with Crippen molar-refractivity contribution in [2.24, 2.45) is 0 Å². The van der Waals surface area contributed by atoms with E-state index < -0.39 is 0 Å². The maximum atomic E-state index is 3.54. The first-order valence-corrected chi connectivity index (χ1v) is 8.49. The number of thioether (sulfide) groups is 1. The summed E-state index contributed by atoms with van der Waals surface area (Å²) >= 11 is 2.08. The largest absolute Gasteiger partial charge is 0.370 e. The summed E-state index contributed by atoms with van der Waals surface area (Å²) in [6, 6.07) is 9.66. The van der Waals surface area contributed by atoms with Crippen LogP contribution in [0.15, 0.2) is 24.3 Å². The molecule has 0 aromatic heterocycles. The summed E-state index contributed by atoms with van der Waals surface area (Å²) in [6.45, 7) is 10.1. The molecule has 0 bridgehead atoms. The van der Waals surface area contributed by atoms with Gasteiger partial charge < -0.3 is 10.2 Å². The Bertz CT molecular complexity index is 377. The van der Waals surface area contributed by atoms with Gasteiger partial charge in [-0.05, 0) is 30.7 Å². The molecule has 0 aliphatic carbocycles. The molecule has 1 heterocycles. The van der Waals surface area contributed by atoms with Gasteiger partial charge in [0.05, 0.1) is 0 Å². The minimum Gasteiger partial charge on any atom is -0.370 e. The molecule has 19 heavy (non-hydrogen) atoms. The lowest BCUT2D eigenvalue weighted by Gasteiger charge is -2.32. The van der Waals surface area contributed by atoms with Crippen LogP contribution in [0.1, 0.15) is 38.8 Å². The van der Waals surface area contributed by atoms with E-state index in [-0.39, 0.29) is 0 Å². The highest BCUT2D eigenvalue weighted by molar-refractivity contribution is 8.00. The van der Waals surface area contributed by atoms with Gasteiger partial charge in [0.1, 0.15) is 0 Å². The molecule has 0 amide bonds. The van der Waals surface area contributed by atoms with E-state index in [0.29, 0.717) is 6.04 Å². The van der Waals surface area contributed by atoms with Crippen LogP contribution in [0.2, 0.25) is 0 Å². The average Bonchev–Trinajstić information content (AvgIpc) is 2.45. The van der Waals surface area contributed by atoms with Gasteiger partial charge >= 0.3 is 0 Å². The lowest BCUT2D eigenvalue weighted by Crippen LogP contribution is -2.36. The normalized spacial score (nSPS) is 21.4. The summed E-state index contributed by atoms with van der Waals surface area (Å²) in [4.78, 5) is 2.51. The Labute approximate surface area is 122 Å². The fourth-order valence-electron chi connectivity index (χ4n) is 2.71. The quantitative estimate of drug-likeness (QED) is 0.884. The van der Waals surface area contributed by atoms with Gasteiger partial charge in [-0.15, -0.1) is 0 Å². The summed E-state index contributed by atoms with van der Waals surface area (Å²) in [5, 5.41) is 4.29. The first kappa shape index (κ1) is 14.7. The van der Waals surface area contributed by atoms with Gasteiger partial charge in [0, 0.05) is 35.8 Å². The molecule has 1 aromatic carbocycles. The van der Waals surface area contributed by atoms with Gasteiger partial charge in [-0.3, -0.25) is 0 Å². The molecule has 1 aliphatic heterocycles. The van der Waals surface area contributed by atoms with Crippen LogP contribution in [-0.2, 0) is 0 Å². The number of nitrogens with one attached hydrogen (secondary N) is 1. The van der Waals surface area contributed by atoms with E-state index in [1.165, 1.54) is 30.1 Å². The maximum absolute atomic E-state index is 3.54. The van der Waals surface area contributed by atoms with E-state index in [2.05, 4.69) is 67.0 Å². The van der Waals surface area contributed by atoms with Gasteiger partial charge in [0.15, 0.2) is 0 Å². The molecule has 1 N–H and O–H groups in total. The van der Waals surface area contributed by atoms with Crippen LogP contribution < -0.4 is 10.2 Å². The van der Waals surface area contributed by atoms with Crippen molar-refractivity contribution in [1.29, 1.82) is 0 Å². The molecule has 1 fully saturated rings. The van der Waals surface area contributed by atoms with Crippen LogP contribution in [0.3, 0.4) is 0 Å². The van der Waals surface area contributed by atoms with Crippen molar-refractivity contribution in [3.05, 3.63) is 29.8 Å². The SMILES string of the molecule is CCNC(CC)c1ccc(N2CCSC(C)C2)cc1. The Kier molecular flexibility index (Phi) is 5.59. The van der Waals surface area contributed by atoms with E-state index in [0.717, 1.165) is 18.2 Å². The van der Waals surface area contributed by atoms with Gasteiger partial charge in [-0.2, -0.15) is 11.8 Å². The molecule has 3 heteroatoms. The number of hydrogen-bond donors (Lipinski definition) is 1. The highest BCUT2D eigenvalue weighted by atomic mass is 32.2. The Hall–Kier alpha value is -0.670. The first-order valence-electron chi connectivity index (χ1n) is 7.44. The van der Waals surface area contributed by atoms with Crippen LogP contribution in [0.5, 0.6) is 0 Å². The molecule has 2 rings (SSSR count). The van der Waals surface area contributed by atoms with Gasteiger partial charge in [0.25, 0.3) is 0 Å². The third-order valence-corrected chi connectivity index (χ3v) is 4.90. The zero-order valence-corrected chi connectivity index (χ0v) is 13.2. The van der Waals surface area contributed by atoms with Crippen LogP contribution in [-0.4, -0.2) is 30.6 Å². The Morgan fingerprint density at radius 2 is 2.05 bits per heavy atom. The van der Waals surface area contributed by atoms with E-state index in [9.17, 15) is 0 Å². The summed E-state index contributed by atoms with van der Waals surface area (Å²) < 4.78 is 0. The van der Waals surface area contributed by atoms with Crippen molar-refractivity contribution in [2.75, 3.05) is 30.3 Å². The highest BCUT2D eigenvalue weighted by Gasteiger charge is 2.17. The second-order valence-corrected chi connectivity index (χ2v) is 6.78. The van der Waals surface area contributed by atoms with Crippen molar-refractivity contribution in [3.8, 4) is 0 Å². The fraction of sp³-hybridized carbons (Fsp3) is 0.625. The Morgan fingerprint density at radius 3 is 2.63 bits per heavy atom. The number of benzene rings is 1. The monoisotopic (exact) mass is 278 g/mol. The molecule has 106 valence electrons. The van der Waals surface area contributed by atoms with Gasteiger partial charge in [-0.1, -0.05) is 32.9 Å². The van der Waals surface area contributed by atoms with Gasteiger partial charge in [0.2, 0.25) is 0 Å². The zero-order valence-electron chi connectivity index (χ0n) is 12.4. The summed E-state index contributed by atoms with van der Waals surface area (Å²) in [7, 11) is 0. The maximum Gasteiger partial charge on any atom is 0.0367 e. The Morgan fingerprint density at radius 1 is 1.32 bits per heavy atom. The molecule has 2 atom stereocenters. The fourth-order valence-corrected chi connectivity index (χ4v) is 3.73. The summed E-state index contributed by atoms with van der Waals surface area (Å²) in [5.74, 6) is 1.25. The standard InChI is InChI=1S/C16H26N2S/c1-4-16(17-5-2)14-6-8-15(9-7-14)18-10-11-19-13(3)12-18/h6-9,13,16-17H,4-5,10-12H2,1-3H3. The second-order valence-electron chi connectivity index (χ2n) is 5.24. The number of nitrogens with zero attached hydrogens (tertiary/aromatic N) is 1. The van der Waals surface area contributed by atoms with Crippen LogP contribution in [0, 0.1) is 0 Å². The third-order valence-electron chi connectivity index (χ3n) is 3.76. The van der Waals surface area contributed by atoms with E-state index >= 15 is 0 Å². The molecule has 2 unspecified atom stereocenters. The zero-order chi connectivity index (χ0) is 13.7. The van der Waals surface area contributed by atoms with Crippen LogP contribution >= 0.6 is 11.8 Å². The number of anilines is 1. The lowest BCUT2D eigenvalue weighted by molar-refractivity contribution is 0.537. The number of hydrogen-bond acceptors (Lipinski definition) is 3. The van der Waals surface area contributed by atoms with Crippen LogP contribution in [0.25, 0.3) is 0 Å². The van der Waals surface area contributed by atoms with Crippen molar-refractivity contribution < 1.29 is 0 Å².